The third-order valence-electron chi connectivity index (χ3n) is 4.54. The molecule has 0 amide bonds. The SMILES string of the molecule is C[C@H](F)[C@H](N)Cc1oc2c(NCc3cccs3)cc(Cl)nc2c1-c1ccoc1. The van der Waals surface area contributed by atoms with Crippen molar-refractivity contribution in [3.63, 3.8) is 0 Å². The average Bonchev–Trinajstić information content (AvgIpc) is 3.40. The van der Waals surface area contributed by atoms with E-state index in [2.05, 4.69) is 10.3 Å². The minimum atomic E-state index is -1.17. The number of aromatic nitrogens is 1. The van der Waals surface area contributed by atoms with Gasteiger partial charge in [0.25, 0.3) is 0 Å². The van der Waals surface area contributed by atoms with Gasteiger partial charge in [0.2, 0.25) is 0 Å². The predicted molar refractivity (Wildman–Crippen MR) is 111 cm³/mol. The molecule has 4 aromatic rings. The Morgan fingerprint density at radius 2 is 2.25 bits per heavy atom. The molecule has 0 spiro atoms. The highest BCUT2D eigenvalue weighted by Gasteiger charge is 2.24. The van der Waals surface area contributed by atoms with Crippen LogP contribution in [0.1, 0.15) is 17.6 Å². The largest absolute Gasteiger partial charge is 0.472 e. The van der Waals surface area contributed by atoms with Gasteiger partial charge in [-0.1, -0.05) is 17.7 Å². The van der Waals surface area contributed by atoms with Crippen LogP contribution in [-0.4, -0.2) is 17.2 Å². The van der Waals surface area contributed by atoms with Gasteiger partial charge in [0.1, 0.15) is 22.6 Å². The molecule has 0 fully saturated rings. The van der Waals surface area contributed by atoms with Gasteiger partial charge in [-0.3, -0.25) is 0 Å². The fourth-order valence-corrected chi connectivity index (χ4v) is 3.87. The third kappa shape index (κ3) is 3.78. The van der Waals surface area contributed by atoms with E-state index < -0.39 is 12.2 Å². The van der Waals surface area contributed by atoms with Crippen LogP contribution in [0.3, 0.4) is 0 Å². The summed E-state index contributed by atoms with van der Waals surface area (Å²) in [4.78, 5) is 5.65. The van der Waals surface area contributed by atoms with Crippen LogP contribution in [0.2, 0.25) is 5.15 Å². The molecule has 146 valence electrons. The van der Waals surface area contributed by atoms with Crippen LogP contribution >= 0.6 is 22.9 Å². The zero-order valence-electron chi connectivity index (χ0n) is 15.1. The molecular weight excluding hydrogens is 401 g/mol. The molecule has 0 aliphatic carbocycles. The second-order valence-corrected chi connectivity index (χ2v) is 7.98. The topological polar surface area (TPSA) is 77.2 Å². The monoisotopic (exact) mass is 419 g/mol. The summed E-state index contributed by atoms with van der Waals surface area (Å²) in [6.07, 6.45) is 2.23. The second kappa shape index (κ2) is 7.95. The zero-order chi connectivity index (χ0) is 19.7. The molecule has 3 N–H and O–H groups in total. The quantitative estimate of drug-likeness (QED) is 0.379. The van der Waals surface area contributed by atoms with Crippen LogP contribution in [0, 0.1) is 0 Å². The highest BCUT2D eigenvalue weighted by atomic mass is 35.5. The van der Waals surface area contributed by atoms with E-state index in [4.69, 9.17) is 26.2 Å². The summed E-state index contributed by atoms with van der Waals surface area (Å²) in [5.74, 6) is 0.558. The van der Waals surface area contributed by atoms with Crippen molar-refractivity contribution in [3.8, 4) is 11.1 Å². The molecule has 0 aliphatic heterocycles. The van der Waals surface area contributed by atoms with Crippen molar-refractivity contribution in [1.82, 2.24) is 4.98 Å². The normalized spacial score (nSPS) is 13.7. The number of rotatable bonds is 7. The molecule has 0 bridgehead atoms. The maximum absolute atomic E-state index is 13.7. The van der Waals surface area contributed by atoms with E-state index in [1.54, 1.807) is 36.0 Å². The minimum absolute atomic E-state index is 0.233. The molecule has 8 heteroatoms. The number of hydrogen-bond acceptors (Lipinski definition) is 6. The summed E-state index contributed by atoms with van der Waals surface area (Å²) in [5.41, 5.74) is 9.35. The van der Waals surface area contributed by atoms with Crippen molar-refractivity contribution in [2.24, 2.45) is 5.73 Å². The summed E-state index contributed by atoms with van der Waals surface area (Å²) >= 11 is 7.94. The van der Waals surface area contributed by atoms with Gasteiger partial charge >= 0.3 is 0 Å². The molecule has 0 aromatic carbocycles. The number of furan rings is 2. The smallest absolute Gasteiger partial charge is 0.176 e. The Labute approximate surface area is 170 Å². The predicted octanol–water partition coefficient (Wildman–Crippen LogP) is 5.64. The van der Waals surface area contributed by atoms with Crippen LogP contribution in [0.5, 0.6) is 0 Å². The Kier molecular flexibility index (Phi) is 5.39. The maximum atomic E-state index is 13.7. The Morgan fingerprint density at radius 3 is 2.93 bits per heavy atom. The molecule has 0 aliphatic rings. The van der Waals surface area contributed by atoms with Gasteiger partial charge in [0.05, 0.1) is 23.8 Å². The van der Waals surface area contributed by atoms with Crippen molar-refractivity contribution < 1.29 is 13.2 Å². The Hall–Kier alpha value is -2.35. The number of nitrogens with two attached hydrogens (primary N) is 1. The van der Waals surface area contributed by atoms with Crippen molar-refractivity contribution in [2.45, 2.75) is 32.1 Å². The number of alkyl halides is 1. The lowest BCUT2D eigenvalue weighted by molar-refractivity contribution is 0.296. The van der Waals surface area contributed by atoms with E-state index in [-0.39, 0.29) is 6.42 Å². The zero-order valence-corrected chi connectivity index (χ0v) is 16.7. The van der Waals surface area contributed by atoms with Crippen LogP contribution in [0.15, 0.2) is 51.0 Å². The van der Waals surface area contributed by atoms with Gasteiger partial charge in [0.15, 0.2) is 5.58 Å². The van der Waals surface area contributed by atoms with E-state index >= 15 is 0 Å². The van der Waals surface area contributed by atoms with Crippen LogP contribution < -0.4 is 11.1 Å². The average molecular weight is 420 g/mol. The molecule has 0 radical (unpaired) electrons. The molecule has 2 atom stereocenters. The first-order valence-electron chi connectivity index (χ1n) is 8.83. The Bertz CT molecular complexity index is 1060. The van der Waals surface area contributed by atoms with Gasteiger partial charge in [0, 0.05) is 35.5 Å². The number of halogens is 2. The van der Waals surface area contributed by atoms with Gasteiger partial charge in [-0.25, -0.2) is 9.37 Å². The van der Waals surface area contributed by atoms with Crippen molar-refractivity contribution in [1.29, 1.82) is 0 Å². The van der Waals surface area contributed by atoms with E-state index in [1.165, 1.54) is 11.8 Å². The lowest BCUT2D eigenvalue weighted by Crippen LogP contribution is -2.31. The molecule has 0 unspecified atom stereocenters. The Balaban J connectivity index is 1.81. The van der Waals surface area contributed by atoms with Gasteiger partial charge in [-0.15, -0.1) is 11.3 Å². The number of pyridine rings is 1. The molecular formula is C20H19ClFN3O2S. The summed E-state index contributed by atoms with van der Waals surface area (Å²) in [7, 11) is 0. The number of hydrogen-bond donors (Lipinski definition) is 2. The Morgan fingerprint density at radius 1 is 1.39 bits per heavy atom. The second-order valence-electron chi connectivity index (χ2n) is 6.56. The standard InChI is InChI=1S/C20H19ClFN3O2S/c1-11(22)14(23)7-16-18(12-4-5-26-10-12)19-20(27-16)15(8-17(21)25-19)24-9-13-3-2-6-28-13/h2-6,8,10-11,14H,7,9,23H2,1H3,(H,24,25)/t11-,14+/m0/s1. The highest BCUT2D eigenvalue weighted by molar-refractivity contribution is 7.09. The molecule has 0 saturated carbocycles. The fraction of sp³-hybridized carbons (Fsp3) is 0.250. The summed E-state index contributed by atoms with van der Waals surface area (Å²) in [5, 5.41) is 5.71. The van der Waals surface area contributed by atoms with Crippen molar-refractivity contribution >= 4 is 39.7 Å². The van der Waals surface area contributed by atoms with E-state index in [9.17, 15) is 4.39 Å². The molecule has 4 heterocycles. The molecule has 4 rings (SSSR count). The van der Waals surface area contributed by atoms with Crippen LogP contribution in [-0.2, 0) is 13.0 Å². The summed E-state index contributed by atoms with van der Waals surface area (Å²) in [6, 6.07) is 6.88. The lowest BCUT2D eigenvalue weighted by atomic mass is 10.0. The van der Waals surface area contributed by atoms with Crippen molar-refractivity contribution in [2.75, 3.05) is 5.32 Å². The number of fused-ring (bicyclic) bond motifs is 1. The van der Waals surface area contributed by atoms with E-state index in [0.29, 0.717) is 28.6 Å². The number of nitrogens with one attached hydrogen (secondary N) is 1. The maximum Gasteiger partial charge on any atom is 0.176 e. The fourth-order valence-electron chi connectivity index (χ4n) is 3.03. The van der Waals surface area contributed by atoms with Gasteiger partial charge in [-0.2, -0.15) is 0 Å². The van der Waals surface area contributed by atoms with Crippen LogP contribution in [0.4, 0.5) is 10.1 Å². The molecule has 5 nitrogen and oxygen atoms in total. The number of nitrogens with zero attached hydrogens (tertiary/aromatic N) is 1. The highest BCUT2D eigenvalue weighted by Crippen LogP contribution is 2.39. The first-order valence-corrected chi connectivity index (χ1v) is 10.1. The summed E-state index contributed by atoms with van der Waals surface area (Å²) < 4.78 is 25.1. The number of thiophene rings is 1. The van der Waals surface area contributed by atoms with Gasteiger partial charge < -0.3 is 19.9 Å². The first kappa shape index (κ1) is 19.0. The molecule has 28 heavy (non-hydrogen) atoms. The molecule has 0 saturated heterocycles. The minimum Gasteiger partial charge on any atom is -0.472 e. The lowest BCUT2D eigenvalue weighted by Gasteiger charge is -2.11. The first-order chi connectivity index (χ1) is 13.5. The van der Waals surface area contributed by atoms with Gasteiger partial charge in [-0.05, 0) is 24.4 Å². The number of anilines is 1. The molecule has 4 aromatic heterocycles. The van der Waals surface area contributed by atoms with Crippen LogP contribution in [0.25, 0.3) is 22.2 Å². The summed E-state index contributed by atoms with van der Waals surface area (Å²) in [6.45, 7) is 2.07. The van der Waals surface area contributed by atoms with E-state index in [0.717, 1.165) is 16.8 Å². The van der Waals surface area contributed by atoms with E-state index in [1.807, 2.05) is 17.5 Å². The third-order valence-corrected chi connectivity index (χ3v) is 5.61. The van der Waals surface area contributed by atoms with Crippen molar-refractivity contribution in [3.05, 3.63) is 58.0 Å².